The molecule has 9 heteroatoms. The van der Waals surface area contributed by atoms with Gasteiger partial charge in [-0.3, -0.25) is 19.7 Å². The van der Waals surface area contributed by atoms with Crippen LogP contribution in [0.15, 0.2) is 12.1 Å². The Morgan fingerprint density at radius 2 is 2.09 bits per heavy atom. The Kier molecular flexibility index (Phi) is 5.96. The number of nitro groups is 1. The molecule has 0 heterocycles. The molecule has 1 aromatic rings. The van der Waals surface area contributed by atoms with Crippen molar-refractivity contribution in [2.75, 3.05) is 6.61 Å². The zero-order valence-electron chi connectivity index (χ0n) is 11.6. The number of carbonyl (C=O) groups is 2. The monoisotopic (exact) mass is 313 g/mol. The van der Waals surface area contributed by atoms with Gasteiger partial charge in [0.1, 0.15) is 11.9 Å². The van der Waals surface area contributed by atoms with Crippen molar-refractivity contribution in [2.24, 2.45) is 0 Å². The van der Waals surface area contributed by atoms with Crippen molar-refractivity contribution in [2.45, 2.75) is 25.6 Å². The lowest BCUT2D eigenvalue weighted by atomic mass is 9.98. The SMILES string of the molecule is CCOC(=O)CC(O)C(O)c1cc([N+](=O)[O-])cc(C=O)c1O. The maximum absolute atomic E-state index is 11.3. The molecule has 2 atom stereocenters. The first-order chi connectivity index (χ1) is 10.3. The van der Waals surface area contributed by atoms with E-state index in [2.05, 4.69) is 4.74 Å². The molecule has 0 radical (unpaired) electrons. The van der Waals surface area contributed by atoms with Gasteiger partial charge in [0.05, 0.1) is 29.6 Å². The minimum Gasteiger partial charge on any atom is -0.507 e. The summed E-state index contributed by atoms with van der Waals surface area (Å²) in [6, 6.07) is 1.65. The second-order valence-electron chi connectivity index (χ2n) is 4.37. The van der Waals surface area contributed by atoms with E-state index in [4.69, 9.17) is 0 Å². The molecule has 0 saturated heterocycles. The van der Waals surface area contributed by atoms with Crippen LogP contribution in [-0.4, -0.2) is 45.2 Å². The largest absolute Gasteiger partial charge is 0.507 e. The minimum atomic E-state index is -1.80. The van der Waals surface area contributed by atoms with Gasteiger partial charge in [-0.1, -0.05) is 0 Å². The Labute approximate surface area is 124 Å². The van der Waals surface area contributed by atoms with Crippen molar-refractivity contribution in [1.82, 2.24) is 0 Å². The van der Waals surface area contributed by atoms with Crippen molar-refractivity contribution >= 4 is 17.9 Å². The number of aldehydes is 1. The number of esters is 1. The minimum absolute atomic E-state index is 0.0823. The molecule has 0 saturated carbocycles. The standard InChI is InChI=1S/C13H15NO8/c1-2-22-11(17)5-10(16)13(19)9-4-8(14(20)21)3-7(6-15)12(9)18/h3-4,6,10,13,16,18-19H,2,5H2,1H3. The number of hydrogen-bond donors (Lipinski definition) is 3. The molecular formula is C13H15NO8. The Hall–Kier alpha value is -2.52. The second-order valence-corrected chi connectivity index (χ2v) is 4.37. The summed E-state index contributed by atoms with van der Waals surface area (Å²) in [4.78, 5) is 32.0. The summed E-state index contributed by atoms with van der Waals surface area (Å²) in [5.74, 6) is -1.48. The first kappa shape index (κ1) is 17.5. The predicted octanol–water partition coefficient (Wildman–Crippen LogP) is 0.460. The van der Waals surface area contributed by atoms with Crippen LogP contribution in [0.5, 0.6) is 5.75 Å². The number of nitro benzene ring substituents is 1. The third kappa shape index (κ3) is 3.99. The Balaban J connectivity index is 3.13. The first-order valence-electron chi connectivity index (χ1n) is 6.30. The molecule has 0 bridgehead atoms. The summed E-state index contributed by atoms with van der Waals surface area (Å²) in [6.07, 6.45) is -3.86. The van der Waals surface area contributed by atoms with Crippen LogP contribution in [0.25, 0.3) is 0 Å². The van der Waals surface area contributed by atoms with Gasteiger partial charge in [0.25, 0.3) is 5.69 Å². The fourth-order valence-electron chi connectivity index (χ4n) is 1.79. The molecule has 2 unspecified atom stereocenters. The van der Waals surface area contributed by atoms with Crippen LogP contribution in [0.1, 0.15) is 35.4 Å². The van der Waals surface area contributed by atoms with Crippen LogP contribution in [0, 0.1) is 10.1 Å². The van der Waals surface area contributed by atoms with E-state index in [0.717, 1.165) is 12.1 Å². The van der Waals surface area contributed by atoms with E-state index in [1.807, 2.05) is 0 Å². The quantitative estimate of drug-likeness (QED) is 0.284. The van der Waals surface area contributed by atoms with E-state index in [1.165, 1.54) is 0 Å². The summed E-state index contributed by atoms with van der Waals surface area (Å²) >= 11 is 0. The zero-order valence-corrected chi connectivity index (χ0v) is 11.6. The number of carbonyl (C=O) groups excluding carboxylic acids is 2. The summed E-state index contributed by atoms with van der Waals surface area (Å²) in [5.41, 5.74) is -1.38. The van der Waals surface area contributed by atoms with Gasteiger partial charge in [0.2, 0.25) is 0 Å². The molecular weight excluding hydrogens is 298 g/mol. The lowest BCUT2D eigenvalue weighted by Crippen LogP contribution is -2.23. The molecule has 0 aliphatic carbocycles. The lowest BCUT2D eigenvalue weighted by molar-refractivity contribution is -0.385. The van der Waals surface area contributed by atoms with E-state index in [1.54, 1.807) is 6.92 Å². The van der Waals surface area contributed by atoms with Crippen LogP contribution in [0.2, 0.25) is 0 Å². The fourth-order valence-corrected chi connectivity index (χ4v) is 1.79. The van der Waals surface area contributed by atoms with Crippen LogP contribution >= 0.6 is 0 Å². The molecule has 120 valence electrons. The maximum Gasteiger partial charge on any atom is 0.308 e. The average Bonchev–Trinajstić information content (AvgIpc) is 2.46. The summed E-state index contributed by atoms with van der Waals surface area (Å²) in [6.45, 7) is 1.64. The Morgan fingerprint density at radius 1 is 1.45 bits per heavy atom. The van der Waals surface area contributed by atoms with Gasteiger partial charge >= 0.3 is 5.97 Å². The summed E-state index contributed by atoms with van der Waals surface area (Å²) in [7, 11) is 0. The van der Waals surface area contributed by atoms with Crippen LogP contribution < -0.4 is 0 Å². The molecule has 1 aromatic carbocycles. The van der Waals surface area contributed by atoms with Gasteiger partial charge in [0.15, 0.2) is 6.29 Å². The average molecular weight is 313 g/mol. The van der Waals surface area contributed by atoms with Gasteiger partial charge < -0.3 is 20.1 Å². The number of hydrogen-bond acceptors (Lipinski definition) is 8. The number of phenolic OH excluding ortho intramolecular Hbond substituents is 1. The molecule has 0 spiro atoms. The fraction of sp³-hybridized carbons (Fsp3) is 0.385. The molecule has 0 aliphatic heterocycles. The molecule has 0 fully saturated rings. The van der Waals surface area contributed by atoms with Gasteiger partial charge in [-0.05, 0) is 6.92 Å². The highest BCUT2D eigenvalue weighted by molar-refractivity contribution is 5.81. The molecule has 22 heavy (non-hydrogen) atoms. The number of aliphatic hydroxyl groups excluding tert-OH is 2. The van der Waals surface area contributed by atoms with Crippen LogP contribution in [0.3, 0.4) is 0 Å². The molecule has 0 aromatic heterocycles. The number of rotatable bonds is 7. The number of nitrogens with zero attached hydrogens (tertiary/aromatic N) is 1. The molecule has 3 N–H and O–H groups in total. The maximum atomic E-state index is 11.3. The van der Waals surface area contributed by atoms with E-state index in [9.17, 15) is 35.0 Å². The van der Waals surface area contributed by atoms with Gasteiger partial charge in [-0.2, -0.15) is 0 Å². The highest BCUT2D eigenvalue weighted by Gasteiger charge is 2.28. The summed E-state index contributed by atoms with van der Waals surface area (Å²) in [5, 5.41) is 40.3. The number of benzene rings is 1. The van der Waals surface area contributed by atoms with E-state index < -0.39 is 52.1 Å². The molecule has 1 rings (SSSR count). The Bertz CT molecular complexity index is 586. The van der Waals surface area contributed by atoms with Gasteiger partial charge in [-0.15, -0.1) is 0 Å². The topological polar surface area (TPSA) is 147 Å². The van der Waals surface area contributed by atoms with Crippen molar-refractivity contribution < 1.29 is 34.6 Å². The smallest absolute Gasteiger partial charge is 0.308 e. The highest BCUT2D eigenvalue weighted by Crippen LogP contribution is 2.33. The summed E-state index contributed by atoms with van der Waals surface area (Å²) < 4.78 is 4.60. The van der Waals surface area contributed by atoms with Gasteiger partial charge in [-0.25, -0.2) is 0 Å². The number of phenols is 1. The first-order valence-corrected chi connectivity index (χ1v) is 6.30. The molecule has 0 aliphatic rings. The lowest BCUT2D eigenvalue weighted by Gasteiger charge is -2.18. The van der Waals surface area contributed by atoms with Gasteiger partial charge in [0, 0.05) is 17.7 Å². The number of aromatic hydroxyl groups is 1. The zero-order chi connectivity index (χ0) is 16.9. The number of ether oxygens (including phenoxy) is 1. The van der Waals surface area contributed by atoms with Crippen molar-refractivity contribution in [3.63, 3.8) is 0 Å². The molecule has 9 nitrogen and oxygen atoms in total. The van der Waals surface area contributed by atoms with Crippen molar-refractivity contribution in [3.8, 4) is 5.75 Å². The second kappa shape index (κ2) is 7.48. The van der Waals surface area contributed by atoms with Crippen molar-refractivity contribution in [3.05, 3.63) is 33.4 Å². The number of non-ortho nitro benzene ring substituents is 1. The normalized spacial score (nSPS) is 13.2. The van der Waals surface area contributed by atoms with E-state index in [-0.39, 0.29) is 12.9 Å². The highest BCUT2D eigenvalue weighted by atomic mass is 16.6. The third-order valence-corrected chi connectivity index (χ3v) is 2.86. The van der Waals surface area contributed by atoms with E-state index in [0.29, 0.717) is 0 Å². The number of aliphatic hydroxyl groups is 2. The molecule has 0 amide bonds. The predicted molar refractivity (Wildman–Crippen MR) is 72.4 cm³/mol. The van der Waals surface area contributed by atoms with E-state index >= 15 is 0 Å². The van der Waals surface area contributed by atoms with Crippen LogP contribution in [0.4, 0.5) is 5.69 Å². The Morgan fingerprint density at radius 3 is 2.59 bits per heavy atom. The van der Waals surface area contributed by atoms with Crippen LogP contribution in [-0.2, 0) is 9.53 Å². The third-order valence-electron chi connectivity index (χ3n) is 2.86. The van der Waals surface area contributed by atoms with Crippen molar-refractivity contribution in [1.29, 1.82) is 0 Å².